The minimum absolute atomic E-state index is 0.187. The Morgan fingerprint density at radius 3 is 2.09 bits per heavy atom. The normalized spacial score (nSPS) is 14.4. The van der Waals surface area contributed by atoms with E-state index in [1.165, 1.54) is 86.8 Å². The zero-order chi connectivity index (χ0) is 37.2. The maximum atomic E-state index is 5.30. The highest BCUT2D eigenvalue weighted by Gasteiger charge is 2.31. The van der Waals surface area contributed by atoms with E-state index in [-0.39, 0.29) is 5.92 Å². The molecule has 3 nitrogen and oxygen atoms in total. The second-order valence-electron chi connectivity index (χ2n) is 15.5. The van der Waals surface area contributed by atoms with E-state index in [0.29, 0.717) is 0 Å². The molecule has 1 atom stereocenters. The molecule has 0 spiro atoms. The molecule has 1 aliphatic rings. The van der Waals surface area contributed by atoms with Crippen LogP contribution in [0.25, 0.3) is 103 Å². The largest absolute Gasteiger partial charge is 0.308 e. The van der Waals surface area contributed by atoms with Crippen molar-refractivity contribution in [1.82, 2.24) is 14.4 Å². The van der Waals surface area contributed by atoms with Gasteiger partial charge >= 0.3 is 0 Å². The maximum absolute atomic E-state index is 5.30. The van der Waals surface area contributed by atoms with Crippen LogP contribution in [0.4, 0.5) is 0 Å². The van der Waals surface area contributed by atoms with Crippen molar-refractivity contribution in [2.24, 2.45) is 0 Å². The Labute approximate surface area is 332 Å². The minimum Gasteiger partial charge on any atom is -0.308 e. The van der Waals surface area contributed by atoms with Crippen LogP contribution in [0.3, 0.4) is 0 Å². The van der Waals surface area contributed by atoms with Crippen LogP contribution in [0.15, 0.2) is 170 Å². The lowest BCUT2D eigenvalue weighted by Crippen LogP contribution is -2.03. The number of rotatable bonds is 3. The fraction of sp³-hybridized carbons (Fsp3) is 0.0566. The lowest BCUT2D eigenvalue weighted by atomic mass is 9.82. The van der Waals surface area contributed by atoms with Crippen molar-refractivity contribution >= 4 is 80.5 Å². The van der Waals surface area contributed by atoms with Gasteiger partial charge in [-0.15, -0.1) is 11.3 Å². The van der Waals surface area contributed by atoms with E-state index in [2.05, 4.69) is 168 Å². The van der Waals surface area contributed by atoms with Gasteiger partial charge in [-0.05, 0) is 75.7 Å². The van der Waals surface area contributed by atoms with Gasteiger partial charge in [-0.1, -0.05) is 146 Å². The molecule has 13 rings (SSSR count). The van der Waals surface area contributed by atoms with Crippen LogP contribution >= 0.6 is 11.3 Å². The van der Waals surface area contributed by atoms with Gasteiger partial charge in [0.05, 0.1) is 32.5 Å². The number of hydrogen-bond acceptors (Lipinski definition) is 3. The van der Waals surface area contributed by atoms with Crippen LogP contribution in [0.2, 0.25) is 0 Å². The Bertz CT molecular complexity index is 3580. The molecule has 0 amide bonds. The number of benzene rings is 8. The quantitative estimate of drug-likeness (QED) is 0.180. The number of nitrogens with zero attached hydrogens (tertiary/aromatic N) is 3. The third-order valence-corrected chi connectivity index (χ3v) is 13.8. The summed E-state index contributed by atoms with van der Waals surface area (Å²) in [6.45, 7) is 0. The molecule has 4 aromatic heterocycles. The van der Waals surface area contributed by atoms with Gasteiger partial charge in [-0.2, -0.15) is 0 Å². The predicted octanol–water partition coefficient (Wildman–Crippen LogP) is 14.2. The number of para-hydroxylation sites is 2. The van der Waals surface area contributed by atoms with Gasteiger partial charge < -0.3 is 4.40 Å². The second kappa shape index (κ2) is 11.8. The molecule has 0 aliphatic heterocycles. The third kappa shape index (κ3) is 4.42. The van der Waals surface area contributed by atoms with Gasteiger partial charge in [0.1, 0.15) is 0 Å². The molecule has 266 valence electrons. The summed E-state index contributed by atoms with van der Waals surface area (Å²) in [5.74, 6) is 0.946. The molecule has 0 saturated carbocycles. The third-order valence-electron chi connectivity index (χ3n) is 12.6. The molecule has 0 radical (unpaired) electrons. The first-order valence-electron chi connectivity index (χ1n) is 19.8. The zero-order valence-corrected chi connectivity index (χ0v) is 31.7. The second-order valence-corrected chi connectivity index (χ2v) is 16.6. The lowest BCUT2D eigenvalue weighted by molar-refractivity contribution is 0.733. The highest BCUT2D eigenvalue weighted by atomic mass is 32.1. The Morgan fingerprint density at radius 1 is 0.544 bits per heavy atom. The summed E-state index contributed by atoms with van der Waals surface area (Å²) >= 11 is 1.79. The van der Waals surface area contributed by atoms with Crippen LogP contribution in [0, 0.1) is 0 Å². The summed E-state index contributed by atoms with van der Waals surface area (Å²) in [4.78, 5) is 10.5. The van der Waals surface area contributed by atoms with E-state index in [4.69, 9.17) is 9.97 Å². The summed E-state index contributed by atoms with van der Waals surface area (Å²) in [6, 6.07) is 62.5. The highest BCUT2D eigenvalue weighted by Crippen LogP contribution is 2.52. The molecule has 0 saturated heterocycles. The monoisotopic (exact) mass is 743 g/mol. The van der Waals surface area contributed by atoms with Crippen molar-refractivity contribution < 1.29 is 0 Å². The van der Waals surface area contributed by atoms with E-state index in [9.17, 15) is 0 Å². The van der Waals surface area contributed by atoms with Crippen LogP contribution in [0.5, 0.6) is 0 Å². The predicted molar refractivity (Wildman–Crippen MR) is 240 cm³/mol. The van der Waals surface area contributed by atoms with Gasteiger partial charge in [-0.25, -0.2) is 9.97 Å². The van der Waals surface area contributed by atoms with Gasteiger partial charge in [0, 0.05) is 48.7 Å². The van der Waals surface area contributed by atoms with Crippen LogP contribution in [-0.2, 0) is 6.42 Å². The average Bonchev–Trinajstić information content (AvgIpc) is 3.90. The van der Waals surface area contributed by atoms with Crippen molar-refractivity contribution in [1.29, 1.82) is 0 Å². The van der Waals surface area contributed by atoms with Gasteiger partial charge in [-0.3, -0.25) is 0 Å². The summed E-state index contributed by atoms with van der Waals surface area (Å²) in [7, 11) is 0. The Morgan fingerprint density at radius 2 is 1.25 bits per heavy atom. The number of thiophene rings is 1. The molecule has 0 bridgehead atoms. The first-order valence-corrected chi connectivity index (χ1v) is 20.7. The topological polar surface area (TPSA) is 30.2 Å². The van der Waals surface area contributed by atoms with E-state index in [1.807, 2.05) is 6.07 Å². The smallest absolute Gasteiger partial charge is 0.160 e. The van der Waals surface area contributed by atoms with Gasteiger partial charge in [0.15, 0.2) is 5.82 Å². The molecule has 12 aromatic rings. The number of aromatic nitrogens is 3. The van der Waals surface area contributed by atoms with Gasteiger partial charge in [0.25, 0.3) is 0 Å². The van der Waals surface area contributed by atoms with E-state index >= 15 is 0 Å². The van der Waals surface area contributed by atoms with Gasteiger partial charge in [0.2, 0.25) is 0 Å². The Kier molecular flexibility index (Phi) is 6.50. The molecule has 1 aliphatic carbocycles. The fourth-order valence-corrected chi connectivity index (χ4v) is 11.3. The van der Waals surface area contributed by atoms with Crippen molar-refractivity contribution in [3.8, 4) is 33.8 Å². The standard InChI is InChI=1S/C53H33N3S/c1-2-13-34(14-3-1)53-54-49(52-50(55-53)41-18-8-11-21-46(41)57-52)33-24-22-32(23-25-33)36-28-29-37-35-15-5-4-12-31(35)26-27-38(37)42-30-43-39-16-6-9-19-44(39)56-45-20-10-7-17-40(45)48(47(36)42)51(43)56/h1-27,30,36H,28-29H2. The molecular weight excluding hydrogens is 711 g/mol. The fourth-order valence-electron chi connectivity index (χ4n) is 10.1. The summed E-state index contributed by atoms with van der Waals surface area (Å²) in [6.07, 6.45) is 2.01. The zero-order valence-electron chi connectivity index (χ0n) is 30.9. The summed E-state index contributed by atoms with van der Waals surface area (Å²) < 4.78 is 4.89. The first kappa shape index (κ1) is 31.3. The van der Waals surface area contributed by atoms with Crippen molar-refractivity contribution in [3.63, 3.8) is 0 Å². The Hall–Kier alpha value is -6.88. The van der Waals surface area contributed by atoms with Crippen LogP contribution < -0.4 is 0 Å². The molecule has 4 heterocycles. The Balaban J connectivity index is 1.06. The highest BCUT2D eigenvalue weighted by molar-refractivity contribution is 7.26. The van der Waals surface area contributed by atoms with Crippen LogP contribution in [0.1, 0.15) is 29.0 Å². The van der Waals surface area contributed by atoms with E-state index in [0.717, 1.165) is 45.7 Å². The van der Waals surface area contributed by atoms with E-state index < -0.39 is 0 Å². The van der Waals surface area contributed by atoms with Crippen LogP contribution in [-0.4, -0.2) is 14.4 Å². The van der Waals surface area contributed by atoms with Crippen molar-refractivity contribution in [2.45, 2.75) is 18.8 Å². The molecule has 0 N–H and O–H groups in total. The number of fused-ring (bicyclic) bond motifs is 15. The minimum atomic E-state index is 0.187. The maximum Gasteiger partial charge on any atom is 0.160 e. The molecule has 57 heavy (non-hydrogen) atoms. The van der Waals surface area contributed by atoms with E-state index in [1.54, 1.807) is 11.3 Å². The summed E-state index contributed by atoms with van der Waals surface area (Å²) in [5.41, 5.74) is 15.0. The van der Waals surface area contributed by atoms with Crippen molar-refractivity contribution in [3.05, 3.63) is 187 Å². The lowest BCUT2D eigenvalue weighted by Gasteiger charge is -2.21. The summed E-state index contributed by atoms with van der Waals surface area (Å²) in [5, 5.41) is 9.20. The molecule has 1 unspecified atom stereocenters. The molecule has 0 fully saturated rings. The number of aryl methyl sites for hydroxylation is 1. The van der Waals surface area contributed by atoms with Crippen molar-refractivity contribution in [2.75, 3.05) is 0 Å². The molecule has 4 heteroatoms. The molecular formula is C53H33N3S. The average molecular weight is 744 g/mol. The first-order chi connectivity index (χ1) is 28.3. The number of hydrogen-bond donors (Lipinski definition) is 0. The molecule has 8 aromatic carbocycles. The SMILES string of the molecule is c1ccc(-c2nc(-c3ccc(C4CCc5c(ccc6ccccc56)-c5cc6c7ccccc7n7c8ccccc8c(c54)c67)cc3)c3sc4ccccc4c3n2)cc1.